The summed E-state index contributed by atoms with van der Waals surface area (Å²) in [6.45, 7) is 4.31. The molecule has 3 heteroatoms. The van der Waals surface area contributed by atoms with Crippen molar-refractivity contribution in [3.8, 4) is 0 Å². The third kappa shape index (κ3) is 4.57. The molecule has 106 valence electrons. The quantitative estimate of drug-likeness (QED) is 0.710. The van der Waals surface area contributed by atoms with Crippen molar-refractivity contribution in [2.75, 3.05) is 5.33 Å². The predicted molar refractivity (Wildman–Crippen MR) is 80.2 cm³/mol. The van der Waals surface area contributed by atoms with E-state index in [0.717, 1.165) is 36.6 Å². The summed E-state index contributed by atoms with van der Waals surface area (Å²) in [6.07, 6.45) is 4.58. The van der Waals surface area contributed by atoms with Crippen LogP contribution in [0.15, 0.2) is 24.3 Å². The van der Waals surface area contributed by atoms with Crippen molar-refractivity contribution in [1.29, 1.82) is 0 Å². The van der Waals surface area contributed by atoms with Crippen LogP contribution in [0.4, 0.5) is 4.39 Å². The number of hydrogen-bond donors (Lipinski definition) is 0. The van der Waals surface area contributed by atoms with Crippen LogP contribution in [0.3, 0.4) is 0 Å². The van der Waals surface area contributed by atoms with E-state index in [1.54, 1.807) is 12.1 Å². The minimum absolute atomic E-state index is 0.0282. The molecular formula is C16H22BrFO. The van der Waals surface area contributed by atoms with Gasteiger partial charge in [-0.25, -0.2) is 4.39 Å². The summed E-state index contributed by atoms with van der Waals surface area (Å²) in [5.74, 6) is 0.352. The maximum Gasteiger partial charge on any atom is 0.123 e. The van der Waals surface area contributed by atoms with Gasteiger partial charge in [0, 0.05) is 5.33 Å². The van der Waals surface area contributed by atoms with Gasteiger partial charge in [-0.2, -0.15) is 0 Å². The fraction of sp³-hybridized carbons (Fsp3) is 0.625. The second kappa shape index (κ2) is 6.36. The second-order valence-electron chi connectivity index (χ2n) is 6.13. The molecule has 0 aromatic heterocycles. The van der Waals surface area contributed by atoms with Gasteiger partial charge in [0.15, 0.2) is 0 Å². The van der Waals surface area contributed by atoms with Crippen LogP contribution in [0, 0.1) is 11.7 Å². The summed E-state index contributed by atoms with van der Waals surface area (Å²) in [7, 11) is 0. The molecule has 1 aromatic carbocycles. The van der Waals surface area contributed by atoms with Gasteiger partial charge in [0.1, 0.15) is 5.82 Å². The molecule has 1 nitrogen and oxygen atoms in total. The summed E-state index contributed by atoms with van der Waals surface area (Å²) < 4.78 is 19.2. The zero-order valence-corrected chi connectivity index (χ0v) is 13.2. The van der Waals surface area contributed by atoms with Crippen LogP contribution in [0.25, 0.3) is 0 Å². The van der Waals surface area contributed by atoms with Gasteiger partial charge in [-0.3, -0.25) is 0 Å². The second-order valence-corrected chi connectivity index (χ2v) is 6.78. The van der Waals surface area contributed by atoms with Gasteiger partial charge in [-0.1, -0.05) is 28.1 Å². The Labute approximate surface area is 123 Å². The summed E-state index contributed by atoms with van der Waals surface area (Å²) in [6, 6.07) is 6.91. The molecule has 1 heterocycles. The van der Waals surface area contributed by atoms with Crippen molar-refractivity contribution in [3.05, 3.63) is 35.6 Å². The van der Waals surface area contributed by atoms with Crippen LogP contribution < -0.4 is 0 Å². The highest BCUT2D eigenvalue weighted by molar-refractivity contribution is 9.09. The first-order valence-electron chi connectivity index (χ1n) is 6.97. The average Bonchev–Trinajstić information content (AvgIpc) is 2.68. The van der Waals surface area contributed by atoms with Crippen LogP contribution in [0.1, 0.15) is 38.7 Å². The number of benzene rings is 1. The van der Waals surface area contributed by atoms with Gasteiger partial charge < -0.3 is 4.74 Å². The topological polar surface area (TPSA) is 9.23 Å². The first-order valence-corrected chi connectivity index (χ1v) is 8.09. The lowest BCUT2D eigenvalue weighted by Gasteiger charge is -2.22. The minimum atomic E-state index is -0.149. The van der Waals surface area contributed by atoms with E-state index in [0.29, 0.717) is 12.0 Å². The highest BCUT2D eigenvalue weighted by Crippen LogP contribution is 2.33. The van der Waals surface area contributed by atoms with E-state index in [2.05, 4.69) is 29.8 Å². The lowest BCUT2D eigenvalue weighted by molar-refractivity contribution is -0.0233. The lowest BCUT2D eigenvalue weighted by Crippen LogP contribution is -2.22. The summed E-state index contributed by atoms with van der Waals surface area (Å²) in [5.41, 5.74) is 1.10. The minimum Gasteiger partial charge on any atom is -0.372 e. The normalized spacial score (nSPS) is 23.5. The van der Waals surface area contributed by atoms with E-state index < -0.39 is 0 Å². The first kappa shape index (κ1) is 15.0. The molecule has 2 unspecified atom stereocenters. The van der Waals surface area contributed by atoms with Gasteiger partial charge in [-0.15, -0.1) is 0 Å². The molecule has 0 aliphatic carbocycles. The molecule has 2 rings (SSSR count). The third-order valence-corrected chi connectivity index (χ3v) is 4.70. The molecule has 0 saturated carbocycles. The Morgan fingerprint density at radius 2 is 2.26 bits per heavy atom. The zero-order valence-electron chi connectivity index (χ0n) is 11.7. The fourth-order valence-corrected chi connectivity index (χ4v) is 3.31. The van der Waals surface area contributed by atoms with Gasteiger partial charge in [0.2, 0.25) is 0 Å². The Kier molecular flexibility index (Phi) is 5.02. The number of hydrogen-bond acceptors (Lipinski definition) is 1. The monoisotopic (exact) mass is 328 g/mol. The standard InChI is InChI=1S/C16H22BrFO/c1-16(2)7-6-15(19-16)10-13(11-17)8-12-4-3-5-14(18)9-12/h3-5,9,13,15H,6-8,10-11H2,1-2H3. The largest absolute Gasteiger partial charge is 0.372 e. The van der Waals surface area contributed by atoms with Crippen LogP contribution in [0.5, 0.6) is 0 Å². The van der Waals surface area contributed by atoms with E-state index in [9.17, 15) is 4.39 Å². The summed E-state index contributed by atoms with van der Waals surface area (Å²) in [5, 5.41) is 0.934. The van der Waals surface area contributed by atoms with E-state index in [1.807, 2.05) is 6.07 Å². The van der Waals surface area contributed by atoms with Crippen LogP contribution in [-0.4, -0.2) is 17.0 Å². The van der Waals surface area contributed by atoms with Crippen molar-refractivity contribution in [1.82, 2.24) is 0 Å². The van der Waals surface area contributed by atoms with Gasteiger partial charge in [0.25, 0.3) is 0 Å². The zero-order chi connectivity index (χ0) is 13.9. The maximum absolute atomic E-state index is 13.2. The van der Waals surface area contributed by atoms with Crippen molar-refractivity contribution in [2.24, 2.45) is 5.92 Å². The molecule has 0 N–H and O–H groups in total. The molecular weight excluding hydrogens is 307 g/mol. The summed E-state index contributed by atoms with van der Waals surface area (Å²) >= 11 is 3.58. The molecule has 0 radical (unpaired) electrons. The Balaban J connectivity index is 1.90. The van der Waals surface area contributed by atoms with Crippen molar-refractivity contribution in [3.63, 3.8) is 0 Å². The summed E-state index contributed by atoms with van der Waals surface area (Å²) in [4.78, 5) is 0. The van der Waals surface area contributed by atoms with E-state index in [-0.39, 0.29) is 11.4 Å². The van der Waals surface area contributed by atoms with Gasteiger partial charge in [0.05, 0.1) is 11.7 Å². The highest BCUT2D eigenvalue weighted by atomic mass is 79.9. The number of ether oxygens (including phenoxy) is 1. The first-order chi connectivity index (χ1) is 8.98. The van der Waals surface area contributed by atoms with E-state index in [4.69, 9.17) is 4.74 Å². The smallest absolute Gasteiger partial charge is 0.123 e. The number of halogens is 2. The maximum atomic E-state index is 13.2. The molecule has 2 atom stereocenters. The highest BCUT2D eigenvalue weighted by Gasteiger charge is 2.32. The molecule has 0 spiro atoms. The molecule has 0 amide bonds. The van der Waals surface area contributed by atoms with E-state index >= 15 is 0 Å². The third-order valence-electron chi connectivity index (χ3n) is 3.78. The van der Waals surface area contributed by atoms with Gasteiger partial charge in [-0.05, 0) is 63.1 Å². The Morgan fingerprint density at radius 3 is 2.84 bits per heavy atom. The number of rotatable bonds is 5. The molecule has 0 bridgehead atoms. The van der Waals surface area contributed by atoms with Crippen LogP contribution in [-0.2, 0) is 11.2 Å². The average molecular weight is 329 g/mol. The van der Waals surface area contributed by atoms with Crippen LogP contribution in [0.2, 0.25) is 0 Å². The SMILES string of the molecule is CC1(C)CCC(CC(CBr)Cc2cccc(F)c2)O1. The van der Waals surface area contributed by atoms with Gasteiger partial charge >= 0.3 is 0 Å². The molecule has 1 aromatic rings. The predicted octanol–water partition coefficient (Wildman–Crippen LogP) is 4.73. The Morgan fingerprint density at radius 1 is 1.47 bits per heavy atom. The Bertz CT molecular complexity index is 419. The molecule has 1 fully saturated rings. The van der Waals surface area contributed by atoms with Crippen molar-refractivity contribution < 1.29 is 9.13 Å². The van der Waals surface area contributed by atoms with Crippen LogP contribution >= 0.6 is 15.9 Å². The fourth-order valence-electron chi connectivity index (χ4n) is 2.81. The van der Waals surface area contributed by atoms with Crippen molar-refractivity contribution >= 4 is 15.9 Å². The molecule has 19 heavy (non-hydrogen) atoms. The Hall–Kier alpha value is -0.410. The lowest BCUT2D eigenvalue weighted by atomic mass is 9.94. The molecule has 1 aliphatic heterocycles. The molecule has 1 saturated heterocycles. The number of alkyl halides is 1. The van der Waals surface area contributed by atoms with E-state index in [1.165, 1.54) is 6.07 Å². The molecule has 1 aliphatic rings. The van der Waals surface area contributed by atoms with Crippen molar-refractivity contribution in [2.45, 2.75) is 51.2 Å².